The van der Waals surface area contributed by atoms with Gasteiger partial charge in [0.05, 0.1) is 5.69 Å². The summed E-state index contributed by atoms with van der Waals surface area (Å²) < 4.78 is 0. The predicted molar refractivity (Wildman–Crippen MR) is 64.2 cm³/mol. The van der Waals surface area contributed by atoms with E-state index in [9.17, 15) is 4.79 Å². The number of benzene rings is 1. The van der Waals surface area contributed by atoms with E-state index >= 15 is 0 Å². The molecular weight excluding hydrogens is 202 g/mol. The van der Waals surface area contributed by atoms with Gasteiger partial charge in [-0.05, 0) is 24.9 Å². The highest BCUT2D eigenvalue weighted by Crippen LogP contribution is 2.18. The number of H-pyrrole nitrogens is 2. The van der Waals surface area contributed by atoms with E-state index in [0.717, 1.165) is 23.2 Å². The van der Waals surface area contributed by atoms with Crippen molar-refractivity contribution in [2.75, 3.05) is 6.54 Å². The summed E-state index contributed by atoms with van der Waals surface area (Å²) in [6, 6.07) is 9.81. The zero-order valence-electron chi connectivity index (χ0n) is 8.99. The molecule has 0 bridgehead atoms. The summed E-state index contributed by atoms with van der Waals surface area (Å²) in [5.41, 5.74) is 8.10. The van der Waals surface area contributed by atoms with E-state index in [-0.39, 0.29) is 5.56 Å². The van der Waals surface area contributed by atoms with Crippen LogP contribution in [0.4, 0.5) is 0 Å². The van der Waals surface area contributed by atoms with Crippen molar-refractivity contribution in [3.05, 3.63) is 46.2 Å². The number of aromatic nitrogens is 2. The molecule has 0 fully saturated rings. The summed E-state index contributed by atoms with van der Waals surface area (Å²) in [6.45, 7) is 0.596. The van der Waals surface area contributed by atoms with Crippen molar-refractivity contribution in [2.45, 2.75) is 12.8 Å². The first-order valence-corrected chi connectivity index (χ1v) is 5.38. The van der Waals surface area contributed by atoms with Gasteiger partial charge in [-0.1, -0.05) is 30.3 Å². The normalized spacial score (nSPS) is 10.6. The van der Waals surface area contributed by atoms with Gasteiger partial charge in [-0.15, -0.1) is 0 Å². The van der Waals surface area contributed by atoms with Crippen molar-refractivity contribution >= 4 is 0 Å². The second kappa shape index (κ2) is 4.81. The quantitative estimate of drug-likeness (QED) is 0.721. The first-order chi connectivity index (χ1) is 7.83. The molecule has 0 spiro atoms. The largest absolute Gasteiger partial charge is 0.330 e. The fourth-order valence-corrected chi connectivity index (χ4v) is 1.75. The Balaban J connectivity index is 2.38. The number of nitrogens with two attached hydrogens (primary N) is 1. The van der Waals surface area contributed by atoms with E-state index in [2.05, 4.69) is 10.2 Å². The van der Waals surface area contributed by atoms with E-state index in [1.54, 1.807) is 0 Å². The molecule has 4 nitrogen and oxygen atoms in total. The second-order valence-corrected chi connectivity index (χ2v) is 3.69. The van der Waals surface area contributed by atoms with Crippen molar-refractivity contribution in [2.24, 2.45) is 5.73 Å². The van der Waals surface area contributed by atoms with Gasteiger partial charge in [-0.25, -0.2) is 0 Å². The topological polar surface area (TPSA) is 74.7 Å². The standard InChI is InChI=1S/C12H15N3O/c13-8-4-7-10-11(14-15-12(10)16)9-5-2-1-3-6-9/h1-3,5-6H,4,7-8,13H2,(H2,14,15,16). The van der Waals surface area contributed by atoms with Crippen LogP contribution in [0.5, 0.6) is 0 Å². The molecule has 1 heterocycles. The highest BCUT2D eigenvalue weighted by atomic mass is 16.1. The van der Waals surface area contributed by atoms with Gasteiger partial charge >= 0.3 is 0 Å². The van der Waals surface area contributed by atoms with Crippen LogP contribution in [0.2, 0.25) is 0 Å². The molecule has 0 aliphatic rings. The number of hydrogen-bond donors (Lipinski definition) is 3. The Morgan fingerprint density at radius 3 is 2.56 bits per heavy atom. The molecule has 84 valence electrons. The van der Waals surface area contributed by atoms with Crippen molar-refractivity contribution < 1.29 is 0 Å². The minimum Gasteiger partial charge on any atom is -0.330 e. The van der Waals surface area contributed by atoms with Gasteiger partial charge < -0.3 is 5.73 Å². The molecule has 1 aromatic heterocycles. The lowest BCUT2D eigenvalue weighted by molar-refractivity contribution is 0.829. The molecule has 2 aromatic rings. The molecule has 0 atom stereocenters. The van der Waals surface area contributed by atoms with Gasteiger partial charge in [-0.3, -0.25) is 15.0 Å². The van der Waals surface area contributed by atoms with E-state index in [0.29, 0.717) is 13.0 Å². The average Bonchev–Trinajstić information content (AvgIpc) is 2.69. The molecule has 1 aromatic carbocycles. The third-order valence-corrected chi connectivity index (χ3v) is 2.57. The van der Waals surface area contributed by atoms with Crippen LogP contribution in [-0.2, 0) is 6.42 Å². The summed E-state index contributed by atoms with van der Waals surface area (Å²) in [5.74, 6) is 0. The molecule has 0 amide bonds. The minimum absolute atomic E-state index is 0.0488. The third kappa shape index (κ3) is 2.06. The van der Waals surface area contributed by atoms with Crippen LogP contribution in [0, 0.1) is 0 Å². The van der Waals surface area contributed by atoms with Gasteiger partial charge in [0.25, 0.3) is 5.56 Å². The van der Waals surface area contributed by atoms with Crippen LogP contribution in [0.3, 0.4) is 0 Å². The number of nitrogens with one attached hydrogen (secondary N) is 2. The Bertz CT molecular complexity index is 498. The lowest BCUT2D eigenvalue weighted by Crippen LogP contribution is -2.09. The minimum atomic E-state index is -0.0488. The third-order valence-electron chi connectivity index (χ3n) is 2.57. The van der Waals surface area contributed by atoms with Gasteiger partial charge in [0.15, 0.2) is 0 Å². The summed E-state index contributed by atoms with van der Waals surface area (Å²) in [5, 5.41) is 5.54. The summed E-state index contributed by atoms with van der Waals surface area (Å²) in [7, 11) is 0. The van der Waals surface area contributed by atoms with Crippen LogP contribution in [0.1, 0.15) is 12.0 Å². The monoisotopic (exact) mass is 217 g/mol. The zero-order chi connectivity index (χ0) is 11.4. The predicted octanol–water partition coefficient (Wildman–Crippen LogP) is 1.26. The van der Waals surface area contributed by atoms with Gasteiger partial charge in [-0.2, -0.15) is 0 Å². The molecule has 0 unspecified atom stereocenters. The second-order valence-electron chi connectivity index (χ2n) is 3.69. The van der Waals surface area contributed by atoms with Crippen LogP contribution in [0.25, 0.3) is 11.3 Å². The fourth-order valence-electron chi connectivity index (χ4n) is 1.75. The number of aromatic amines is 2. The molecule has 16 heavy (non-hydrogen) atoms. The molecule has 0 saturated carbocycles. The highest BCUT2D eigenvalue weighted by Gasteiger charge is 2.10. The SMILES string of the molecule is NCCCc1c(-c2ccccc2)[nH][nH]c1=O. The van der Waals surface area contributed by atoms with Gasteiger partial charge in [0.2, 0.25) is 0 Å². The van der Waals surface area contributed by atoms with E-state index in [4.69, 9.17) is 5.73 Å². The highest BCUT2D eigenvalue weighted by molar-refractivity contribution is 5.62. The van der Waals surface area contributed by atoms with Crippen molar-refractivity contribution in [1.82, 2.24) is 10.2 Å². The van der Waals surface area contributed by atoms with Gasteiger partial charge in [0.1, 0.15) is 0 Å². The molecule has 4 heteroatoms. The molecule has 0 aliphatic carbocycles. The maximum Gasteiger partial charge on any atom is 0.267 e. The van der Waals surface area contributed by atoms with Crippen molar-refractivity contribution in [3.8, 4) is 11.3 Å². The first-order valence-electron chi connectivity index (χ1n) is 5.38. The van der Waals surface area contributed by atoms with Crippen LogP contribution in [-0.4, -0.2) is 16.7 Å². The van der Waals surface area contributed by atoms with E-state index in [1.807, 2.05) is 30.3 Å². The molecule has 4 N–H and O–H groups in total. The van der Waals surface area contributed by atoms with Crippen LogP contribution in [0.15, 0.2) is 35.1 Å². The van der Waals surface area contributed by atoms with Crippen molar-refractivity contribution in [1.29, 1.82) is 0 Å². The van der Waals surface area contributed by atoms with Crippen LogP contribution >= 0.6 is 0 Å². The fraction of sp³-hybridized carbons (Fsp3) is 0.250. The Labute approximate surface area is 93.5 Å². The zero-order valence-corrected chi connectivity index (χ0v) is 8.99. The Kier molecular flexibility index (Phi) is 3.22. The maximum atomic E-state index is 11.6. The Hall–Kier alpha value is -1.81. The number of rotatable bonds is 4. The van der Waals surface area contributed by atoms with Crippen LogP contribution < -0.4 is 11.3 Å². The molecular formula is C12H15N3O. The Morgan fingerprint density at radius 2 is 1.88 bits per heavy atom. The summed E-state index contributed by atoms with van der Waals surface area (Å²) in [6.07, 6.45) is 1.53. The molecule has 0 saturated heterocycles. The molecule has 0 radical (unpaired) electrons. The summed E-state index contributed by atoms with van der Waals surface area (Å²) >= 11 is 0. The average molecular weight is 217 g/mol. The lowest BCUT2D eigenvalue weighted by atomic mass is 10.0. The summed E-state index contributed by atoms with van der Waals surface area (Å²) in [4.78, 5) is 11.6. The van der Waals surface area contributed by atoms with E-state index < -0.39 is 0 Å². The molecule has 2 rings (SSSR count). The lowest BCUT2D eigenvalue weighted by Gasteiger charge is -2.01. The van der Waals surface area contributed by atoms with Crippen molar-refractivity contribution in [3.63, 3.8) is 0 Å². The molecule has 0 aliphatic heterocycles. The first kappa shape index (κ1) is 10.7. The van der Waals surface area contributed by atoms with Gasteiger partial charge in [0, 0.05) is 5.56 Å². The maximum absolute atomic E-state index is 11.6. The Morgan fingerprint density at radius 1 is 1.12 bits per heavy atom. The van der Waals surface area contributed by atoms with E-state index in [1.165, 1.54) is 0 Å². The number of hydrogen-bond acceptors (Lipinski definition) is 2. The smallest absolute Gasteiger partial charge is 0.267 e.